The molecule has 1 aliphatic carbocycles. The summed E-state index contributed by atoms with van der Waals surface area (Å²) in [7, 11) is 1.78. The summed E-state index contributed by atoms with van der Waals surface area (Å²) in [5, 5.41) is 6.56. The monoisotopic (exact) mass is 335 g/mol. The summed E-state index contributed by atoms with van der Waals surface area (Å²) < 4.78 is 5.22. The van der Waals surface area contributed by atoms with Crippen LogP contribution in [0.25, 0.3) is 0 Å². The fraction of sp³-hybridized carbons (Fsp3) is 0.545. The van der Waals surface area contributed by atoms with Gasteiger partial charge in [0.1, 0.15) is 5.76 Å². The molecular weight excluding hydrogens is 317 g/mol. The van der Waals surface area contributed by atoms with Crippen molar-refractivity contribution in [1.82, 2.24) is 10.6 Å². The average Bonchev–Trinajstić information content (AvgIpc) is 2.74. The van der Waals surface area contributed by atoms with E-state index in [0.29, 0.717) is 12.6 Å². The second kappa shape index (κ2) is 6.12. The van der Waals surface area contributed by atoms with Crippen LogP contribution in [0.5, 0.6) is 0 Å². The molecular formula is C11H18IN3O. The number of nitrogens with one attached hydrogen (secondary N) is 2. The van der Waals surface area contributed by atoms with Crippen LogP contribution >= 0.6 is 24.0 Å². The van der Waals surface area contributed by atoms with Gasteiger partial charge in [0.25, 0.3) is 0 Å². The molecule has 1 saturated carbocycles. The number of hydrogen-bond acceptors (Lipinski definition) is 2. The fourth-order valence-electron chi connectivity index (χ4n) is 1.48. The molecule has 5 heteroatoms. The van der Waals surface area contributed by atoms with Gasteiger partial charge in [-0.1, -0.05) is 6.92 Å². The number of nitrogens with zero attached hydrogens (tertiary/aromatic N) is 1. The van der Waals surface area contributed by atoms with E-state index in [9.17, 15) is 0 Å². The molecule has 90 valence electrons. The third-order valence-corrected chi connectivity index (χ3v) is 2.67. The highest BCUT2D eigenvalue weighted by molar-refractivity contribution is 14.0. The third-order valence-electron chi connectivity index (χ3n) is 2.67. The number of aliphatic imine (C=N–C) groups is 1. The normalized spacial score (nSPS) is 23.5. The zero-order chi connectivity index (χ0) is 10.7. The van der Waals surface area contributed by atoms with Crippen LogP contribution in [0.1, 0.15) is 19.1 Å². The van der Waals surface area contributed by atoms with Crippen molar-refractivity contribution in [2.75, 3.05) is 7.05 Å². The standard InChI is InChI=1S/C11H17N3O.HI/c1-8-6-10(8)14-11(12-2)13-7-9-4-3-5-15-9;/h3-5,8,10H,6-7H2,1-2H3,(H2,12,13,14);1H. The smallest absolute Gasteiger partial charge is 0.191 e. The summed E-state index contributed by atoms with van der Waals surface area (Å²) in [4.78, 5) is 4.15. The van der Waals surface area contributed by atoms with Gasteiger partial charge in [-0.3, -0.25) is 4.99 Å². The first-order valence-corrected chi connectivity index (χ1v) is 5.29. The van der Waals surface area contributed by atoms with Gasteiger partial charge < -0.3 is 15.1 Å². The highest BCUT2D eigenvalue weighted by Crippen LogP contribution is 2.28. The lowest BCUT2D eigenvalue weighted by Gasteiger charge is -2.09. The van der Waals surface area contributed by atoms with Crippen molar-refractivity contribution in [3.05, 3.63) is 24.2 Å². The lowest BCUT2D eigenvalue weighted by molar-refractivity contribution is 0.501. The predicted molar refractivity (Wildman–Crippen MR) is 75.0 cm³/mol. The average molecular weight is 335 g/mol. The van der Waals surface area contributed by atoms with E-state index in [1.54, 1.807) is 13.3 Å². The molecule has 0 amide bonds. The maximum Gasteiger partial charge on any atom is 0.191 e. The maximum atomic E-state index is 5.22. The highest BCUT2D eigenvalue weighted by Gasteiger charge is 2.33. The molecule has 1 fully saturated rings. The van der Waals surface area contributed by atoms with Crippen molar-refractivity contribution < 1.29 is 4.42 Å². The second-order valence-electron chi connectivity index (χ2n) is 3.97. The van der Waals surface area contributed by atoms with E-state index in [1.807, 2.05) is 12.1 Å². The van der Waals surface area contributed by atoms with Crippen LogP contribution in [0.15, 0.2) is 27.8 Å². The Morgan fingerprint density at radius 3 is 2.88 bits per heavy atom. The van der Waals surface area contributed by atoms with Crippen LogP contribution in [-0.2, 0) is 6.54 Å². The fourth-order valence-corrected chi connectivity index (χ4v) is 1.48. The van der Waals surface area contributed by atoms with Crippen LogP contribution in [0.3, 0.4) is 0 Å². The first-order valence-electron chi connectivity index (χ1n) is 5.29. The Kier molecular flexibility index (Phi) is 5.11. The summed E-state index contributed by atoms with van der Waals surface area (Å²) in [5.74, 6) is 2.54. The van der Waals surface area contributed by atoms with Crippen molar-refractivity contribution in [3.8, 4) is 0 Å². The number of rotatable bonds is 3. The molecule has 0 saturated heterocycles. The number of guanidine groups is 1. The Bertz CT molecular complexity index is 337. The molecule has 0 spiro atoms. The first kappa shape index (κ1) is 13.3. The van der Waals surface area contributed by atoms with E-state index in [2.05, 4.69) is 22.5 Å². The van der Waals surface area contributed by atoms with Gasteiger partial charge in [-0.2, -0.15) is 0 Å². The number of halogens is 1. The molecule has 2 rings (SSSR count). The minimum atomic E-state index is 0. The van der Waals surface area contributed by atoms with E-state index in [1.165, 1.54) is 6.42 Å². The molecule has 0 aliphatic heterocycles. The van der Waals surface area contributed by atoms with E-state index in [-0.39, 0.29) is 24.0 Å². The molecule has 2 atom stereocenters. The van der Waals surface area contributed by atoms with Crippen molar-refractivity contribution in [3.63, 3.8) is 0 Å². The summed E-state index contributed by atoms with van der Waals surface area (Å²) in [6.07, 6.45) is 2.91. The van der Waals surface area contributed by atoms with Crippen LogP contribution < -0.4 is 10.6 Å². The van der Waals surface area contributed by atoms with E-state index in [0.717, 1.165) is 17.6 Å². The summed E-state index contributed by atoms with van der Waals surface area (Å²) in [5.41, 5.74) is 0. The van der Waals surface area contributed by atoms with Crippen molar-refractivity contribution >= 4 is 29.9 Å². The van der Waals surface area contributed by atoms with Gasteiger partial charge in [-0.25, -0.2) is 0 Å². The largest absolute Gasteiger partial charge is 0.467 e. The van der Waals surface area contributed by atoms with Crippen molar-refractivity contribution in [1.29, 1.82) is 0 Å². The van der Waals surface area contributed by atoms with Crippen LogP contribution in [0.4, 0.5) is 0 Å². The summed E-state index contributed by atoms with van der Waals surface area (Å²) in [6, 6.07) is 4.42. The Morgan fingerprint density at radius 1 is 1.62 bits per heavy atom. The van der Waals surface area contributed by atoms with Gasteiger partial charge in [0, 0.05) is 13.1 Å². The number of furan rings is 1. The predicted octanol–water partition coefficient (Wildman–Crippen LogP) is 1.97. The molecule has 1 aromatic rings. The SMILES string of the molecule is CN=C(NCc1ccco1)NC1CC1C.I. The minimum absolute atomic E-state index is 0. The van der Waals surface area contributed by atoms with Crippen molar-refractivity contribution in [2.45, 2.75) is 25.9 Å². The van der Waals surface area contributed by atoms with E-state index >= 15 is 0 Å². The molecule has 0 aromatic carbocycles. The zero-order valence-corrected chi connectivity index (χ0v) is 11.9. The highest BCUT2D eigenvalue weighted by atomic mass is 127. The van der Waals surface area contributed by atoms with Crippen LogP contribution in [-0.4, -0.2) is 19.0 Å². The lowest BCUT2D eigenvalue weighted by atomic mass is 10.4. The van der Waals surface area contributed by atoms with Crippen LogP contribution in [0, 0.1) is 5.92 Å². The molecule has 1 aromatic heterocycles. The molecule has 16 heavy (non-hydrogen) atoms. The summed E-state index contributed by atoms with van der Waals surface area (Å²) in [6.45, 7) is 2.91. The molecule has 2 N–H and O–H groups in total. The third kappa shape index (κ3) is 3.70. The van der Waals surface area contributed by atoms with Crippen molar-refractivity contribution in [2.24, 2.45) is 10.9 Å². The van der Waals surface area contributed by atoms with Gasteiger partial charge in [0.2, 0.25) is 0 Å². The second-order valence-corrected chi connectivity index (χ2v) is 3.97. The van der Waals surface area contributed by atoms with E-state index in [4.69, 9.17) is 4.42 Å². The van der Waals surface area contributed by atoms with Crippen LogP contribution in [0.2, 0.25) is 0 Å². The Hall–Kier alpha value is -0.720. The Balaban J connectivity index is 0.00000128. The molecule has 0 bridgehead atoms. The maximum absolute atomic E-state index is 5.22. The van der Waals surface area contributed by atoms with Gasteiger partial charge >= 0.3 is 0 Å². The molecule has 0 radical (unpaired) electrons. The molecule has 1 heterocycles. The lowest BCUT2D eigenvalue weighted by Crippen LogP contribution is -2.38. The topological polar surface area (TPSA) is 49.6 Å². The van der Waals surface area contributed by atoms with E-state index < -0.39 is 0 Å². The quantitative estimate of drug-likeness (QED) is 0.504. The Morgan fingerprint density at radius 2 is 2.38 bits per heavy atom. The van der Waals surface area contributed by atoms with Gasteiger partial charge in [0.05, 0.1) is 12.8 Å². The minimum Gasteiger partial charge on any atom is -0.467 e. The number of hydrogen-bond donors (Lipinski definition) is 2. The molecule has 2 unspecified atom stereocenters. The Labute approximate surface area is 113 Å². The van der Waals surface area contributed by atoms with Gasteiger partial charge in [0.15, 0.2) is 5.96 Å². The van der Waals surface area contributed by atoms with Gasteiger partial charge in [-0.15, -0.1) is 24.0 Å². The first-order chi connectivity index (χ1) is 7.29. The zero-order valence-electron chi connectivity index (χ0n) is 9.56. The molecule has 4 nitrogen and oxygen atoms in total. The summed E-state index contributed by atoms with van der Waals surface area (Å²) >= 11 is 0. The molecule has 1 aliphatic rings. The van der Waals surface area contributed by atoms with Gasteiger partial charge in [-0.05, 0) is 24.5 Å².